The first-order valence-electron chi connectivity index (χ1n) is 3.90. The summed E-state index contributed by atoms with van der Waals surface area (Å²) in [7, 11) is 1.74. The first kappa shape index (κ1) is 7.48. The van der Waals surface area contributed by atoms with Crippen molar-refractivity contribution in [1.82, 2.24) is 20.2 Å². The Balaban J connectivity index is 1.92. The minimum atomic E-state index is 0.199. The lowest BCUT2D eigenvalue weighted by molar-refractivity contribution is 0.0857. The van der Waals surface area contributed by atoms with Crippen LogP contribution >= 0.6 is 0 Å². The lowest BCUT2D eigenvalue weighted by Crippen LogP contribution is -2.43. The molecule has 0 atom stereocenters. The maximum Gasteiger partial charge on any atom is 0.335 e. The smallest absolute Gasteiger partial charge is 0.335 e. The number of nitrogens with two attached hydrogens (primary N) is 1. The lowest BCUT2D eigenvalue weighted by Gasteiger charge is -2.31. The van der Waals surface area contributed by atoms with Crippen LogP contribution in [0.25, 0.3) is 0 Å². The van der Waals surface area contributed by atoms with E-state index in [1.165, 1.54) is 4.68 Å². The Bertz CT molecular complexity index is 267. The van der Waals surface area contributed by atoms with Gasteiger partial charge in [-0.3, -0.25) is 0 Å². The molecule has 0 amide bonds. The van der Waals surface area contributed by atoms with Crippen molar-refractivity contribution in [1.29, 1.82) is 0 Å². The minimum Gasteiger partial charge on any atom is -0.459 e. The molecule has 12 heavy (non-hydrogen) atoms. The van der Waals surface area contributed by atoms with Gasteiger partial charge in [-0.25, -0.2) is 0 Å². The molecular weight excluding hydrogens is 158 g/mol. The van der Waals surface area contributed by atoms with Gasteiger partial charge in [-0.15, -0.1) is 0 Å². The normalized spacial score (nSPS) is 28.2. The predicted octanol–water partition coefficient (Wildman–Crippen LogP) is -0.921. The number of ether oxygens (including phenoxy) is 1. The summed E-state index contributed by atoms with van der Waals surface area (Å²) in [6.45, 7) is 0. The van der Waals surface area contributed by atoms with Crippen LogP contribution in [0.3, 0.4) is 0 Å². The van der Waals surface area contributed by atoms with Gasteiger partial charge in [-0.1, -0.05) is 5.10 Å². The lowest BCUT2D eigenvalue weighted by atomic mass is 9.90. The van der Waals surface area contributed by atoms with Crippen LogP contribution in [0.2, 0.25) is 0 Å². The summed E-state index contributed by atoms with van der Waals surface area (Å²) in [4.78, 5) is 0. The highest BCUT2D eigenvalue weighted by atomic mass is 16.5. The summed E-state index contributed by atoms with van der Waals surface area (Å²) in [6.07, 6.45) is 1.99. The van der Waals surface area contributed by atoms with Gasteiger partial charge in [0.05, 0.1) is 0 Å². The minimum absolute atomic E-state index is 0.199. The number of aryl methyl sites for hydroxylation is 1. The van der Waals surface area contributed by atoms with Crippen molar-refractivity contribution in [3.63, 3.8) is 0 Å². The van der Waals surface area contributed by atoms with Crippen molar-refractivity contribution in [2.45, 2.75) is 25.0 Å². The number of hydrogen-bond acceptors (Lipinski definition) is 5. The molecule has 1 aliphatic rings. The molecule has 1 saturated carbocycles. The molecule has 6 nitrogen and oxygen atoms in total. The third-order valence-electron chi connectivity index (χ3n) is 1.98. The largest absolute Gasteiger partial charge is 0.459 e. The van der Waals surface area contributed by atoms with Gasteiger partial charge >= 0.3 is 6.01 Å². The molecule has 1 fully saturated rings. The second-order valence-corrected chi connectivity index (χ2v) is 3.06. The van der Waals surface area contributed by atoms with Crippen LogP contribution in [0, 0.1) is 0 Å². The van der Waals surface area contributed by atoms with Gasteiger partial charge in [0.25, 0.3) is 0 Å². The molecule has 1 aromatic rings. The Morgan fingerprint density at radius 2 is 2.33 bits per heavy atom. The summed E-state index contributed by atoms with van der Waals surface area (Å²) in [5, 5.41) is 10.8. The van der Waals surface area contributed by atoms with E-state index in [0.717, 1.165) is 12.8 Å². The maximum atomic E-state index is 5.60. The highest BCUT2D eigenvalue weighted by Gasteiger charge is 2.28. The molecule has 0 bridgehead atoms. The fraction of sp³-hybridized carbons (Fsp3) is 0.833. The Morgan fingerprint density at radius 3 is 2.83 bits per heavy atom. The van der Waals surface area contributed by atoms with Crippen LogP contribution in [0.1, 0.15) is 12.8 Å². The number of rotatable bonds is 2. The van der Waals surface area contributed by atoms with E-state index in [-0.39, 0.29) is 12.1 Å². The second kappa shape index (κ2) is 2.71. The molecule has 0 saturated heterocycles. The molecule has 66 valence electrons. The summed E-state index contributed by atoms with van der Waals surface area (Å²) >= 11 is 0. The molecule has 1 aliphatic carbocycles. The third kappa shape index (κ3) is 1.25. The molecule has 1 aromatic heterocycles. The van der Waals surface area contributed by atoms with Crippen LogP contribution in [0.15, 0.2) is 0 Å². The van der Waals surface area contributed by atoms with Crippen molar-refractivity contribution in [2.24, 2.45) is 12.8 Å². The molecule has 2 rings (SSSR count). The molecule has 6 heteroatoms. The highest BCUT2D eigenvalue weighted by Crippen LogP contribution is 2.22. The average Bonchev–Trinajstić information content (AvgIpc) is 2.33. The van der Waals surface area contributed by atoms with Gasteiger partial charge in [-0.05, 0) is 23.3 Å². The quantitative estimate of drug-likeness (QED) is 0.619. The van der Waals surface area contributed by atoms with Crippen molar-refractivity contribution in [2.75, 3.05) is 0 Å². The first-order chi connectivity index (χ1) is 5.75. The monoisotopic (exact) mass is 169 g/mol. The zero-order chi connectivity index (χ0) is 8.55. The van der Waals surface area contributed by atoms with Crippen LogP contribution in [-0.4, -0.2) is 32.4 Å². The zero-order valence-electron chi connectivity index (χ0n) is 6.84. The topological polar surface area (TPSA) is 78.8 Å². The molecule has 1 heterocycles. The Labute approximate surface area is 69.7 Å². The van der Waals surface area contributed by atoms with E-state index in [2.05, 4.69) is 15.5 Å². The van der Waals surface area contributed by atoms with Gasteiger partial charge in [0, 0.05) is 13.1 Å². The van der Waals surface area contributed by atoms with E-state index in [4.69, 9.17) is 10.5 Å². The van der Waals surface area contributed by atoms with Crippen LogP contribution in [0.4, 0.5) is 0 Å². The van der Waals surface area contributed by atoms with E-state index >= 15 is 0 Å². The second-order valence-electron chi connectivity index (χ2n) is 3.06. The van der Waals surface area contributed by atoms with E-state index in [0.29, 0.717) is 6.01 Å². The van der Waals surface area contributed by atoms with Crippen LogP contribution in [0.5, 0.6) is 6.01 Å². The SMILES string of the molecule is Cn1nnnc1OC1CC(N)C1. The Kier molecular flexibility index (Phi) is 1.69. The molecule has 0 radical (unpaired) electrons. The third-order valence-corrected chi connectivity index (χ3v) is 1.98. The molecule has 0 aliphatic heterocycles. The molecular formula is C6H11N5O. The van der Waals surface area contributed by atoms with Crippen molar-refractivity contribution >= 4 is 0 Å². The van der Waals surface area contributed by atoms with Gasteiger partial charge in [0.2, 0.25) is 0 Å². The van der Waals surface area contributed by atoms with Gasteiger partial charge in [0.15, 0.2) is 0 Å². The summed E-state index contributed by atoms with van der Waals surface area (Å²) in [5.41, 5.74) is 5.60. The van der Waals surface area contributed by atoms with E-state index in [9.17, 15) is 0 Å². The molecule has 0 aromatic carbocycles. The van der Waals surface area contributed by atoms with Gasteiger partial charge in [-0.2, -0.15) is 4.68 Å². The number of nitrogens with zero attached hydrogens (tertiary/aromatic N) is 4. The fourth-order valence-corrected chi connectivity index (χ4v) is 1.17. The Hall–Kier alpha value is -1.17. The zero-order valence-corrected chi connectivity index (χ0v) is 6.84. The van der Waals surface area contributed by atoms with Crippen molar-refractivity contribution in [3.05, 3.63) is 0 Å². The summed E-state index contributed by atoms with van der Waals surface area (Å²) in [6, 6.07) is 0.753. The number of hydrogen-bond donors (Lipinski definition) is 1. The van der Waals surface area contributed by atoms with Crippen molar-refractivity contribution in [3.8, 4) is 6.01 Å². The van der Waals surface area contributed by atoms with E-state index in [1.807, 2.05) is 0 Å². The molecule has 0 spiro atoms. The molecule has 2 N–H and O–H groups in total. The van der Waals surface area contributed by atoms with Crippen LogP contribution in [-0.2, 0) is 7.05 Å². The summed E-state index contributed by atoms with van der Waals surface area (Å²) < 4.78 is 6.94. The highest BCUT2D eigenvalue weighted by molar-refractivity contribution is 4.93. The number of aromatic nitrogens is 4. The summed E-state index contributed by atoms with van der Waals surface area (Å²) in [5.74, 6) is 0. The average molecular weight is 169 g/mol. The Morgan fingerprint density at radius 1 is 1.58 bits per heavy atom. The van der Waals surface area contributed by atoms with Crippen molar-refractivity contribution < 1.29 is 4.74 Å². The first-order valence-corrected chi connectivity index (χ1v) is 3.90. The number of tetrazole rings is 1. The van der Waals surface area contributed by atoms with Crippen LogP contribution < -0.4 is 10.5 Å². The van der Waals surface area contributed by atoms with E-state index < -0.39 is 0 Å². The fourth-order valence-electron chi connectivity index (χ4n) is 1.17. The predicted molar refractivity (Wildman–Crippen MR) is 40.4 cm³/mol. The standard InChI is InChI=1S/C6H11N5O/c1-11-6(8-9-10-11)12-5-2-4(7)3-5/h4-5H,2-3,7H2,1H3. The van der Waals surface area contributed by atoms with Gasteiger partial charge in [0.1, 0.15) is 6.10 Å². The maximum absolute atomic E-state index is 5.60. The molecule has 0 unspecified atom stereocenters. The van der Waals surface area contributed by atoms with Gasteiger partial charge < -0.3 is 10.5 Å². The van der Waals surface area contributed by atoms with E-state index in [1.54, 1.807) is 7.05 Å².